The first-order valence-corrected chi connectivity index (χ1v) is 9.51. The molecule has 0 aliphatic carbocycles. The lowest BCUT2D eigenvalue weighted by atomic mass is 10.2. The van der Waals surface area contributed by atoms with Gasteiger partial charge in [0.15, 0.2) is 9.84 Å². The van der Waals surface area contributed by atoms with Gasteiger partial charge in [-0.1, -0.05) is 25.1 Å². The summed E-state index contributed by atoms with van der Waals surface area (Å²) in [5.74, 6) is 0.295. The van der Waals surface area contributed by atoms with Gasteiger partial charge >= 0.3 is 0 Å². The number of nitrogens with zero attached hydrogens (tertiary/aromatic N) is 2. The normalized spacial score (nSPS) is 19.8. The quantitative estimate of drug-likeness (QED) is 0.797. The van der Waals surface area contributed by atoms with Gasteiger partial charge in [-0.25, -0.2) is 8.42 Å². The fraction of sp³-hybridized carbons (Fsp3) is 0.562. The van der Waals surface area contributed by atoms with Crippen LogP contribution in [0.3, 0.4) is 0 Å². The Morgan fingerprint density at radius 2 is 1.95 bits per heavy atom. The number of carbonyl (C=O) groups is 1. The number of anilines is 1. The van der Waals surface area contributed by atoms with E-state index >= 15 is 0 Å². The van der Waals surface area contributed by atoms with E-state index in [9.17, 15) is 13.2 Å². The third kappa shape index (κ3) is 4.22. The van der Waals surface area contributed by atoms with E-state index in [-0.39, 0.29) is 30.0 Å². The largest absolute Gasteiger partial charge is 0.365 e. The predicted octanol–water partition coefficient (Wildman–Crippen LogP) is 1.55. The van der Waals surface area contributed by atoms with E-state index in [1.54, 1.807) is 4.90 Å². The Morgan fingerprint density at radius 1 is 1.27 bits per heavy atom. The maximum Gasteiger partial charge on any atom is 0.242 e. The van der Waals surface area contributed by atoms with Crippen LogP contribution in [0.15, 0.2) is 30.3 Å². The van der Waals surface area contributed by atoms with Crippen molar-refractivity contribution in [3.63, 3.8) is 0 Å². The number of likely N-dealkylation sites (N-methyl/N-ethyl adjacent to an activating group) is 1. The van der Waals surface area contributed by atoms with Gasteiger partial charge in [-0.15, -0.1) is 0 Å². The highest BCUT2D eigenvalue weighted by atomic mass is 32.2. The van der Waals surface area contributed by atoms with Gasteiger partial charge < -0.3 is 9.80 Å². The minimum absolute atomic E-state index is 0.00435. The minimum Gasteiger partial charge on any atom is -0.365 e. The van der Waals surface area contributed by atoms with E-state index in [4.69, 9.17) is 0 Å². The van der Waals surface area contributed by atoms with Crippen LogP contribution in [-0.2, 0) is 14.6 Å². The van der Waals surface area contributed by atoms with Crippen LogP contribution in [0.4, 0.5) is 5.69 Å². The number of rotatable bonds is 6. The number of sulfone groups is 1. The molecule has 1 fully saturated rings. The van der Waals surface area contributed by atoms with Crippen molar-refractivity contribution in [1.82, 2.24) is 4.90 Å². The van der Waals surface area contributed by atoms with Crippen LogP contribution in [0.2, 0.25) is 0 Å². The molecule has 1 atom stereocenters. The molecule has 2 rings (SSSR count). The van der Waals surface area contributed by atoms with Crippen molar-refractivity contribution in [2.24, 2.45) is 0 Å². The number of amides is 1. The highest BCUT2D eigenvalue weighted by molar-refractivity contribution is 7.91. The highest BCUT2D eigenvalue weighted by Gasteiger charge is 2.34. The summed E-state index contributed by atoms with van der Waals surface area (Å²) in [5.41, 5.74) is 0.978. The van der Waals surface area contributed by atoms with Gasteiger partial charge in [-0.05, 0) is 25.0 Å². The van der Waals surface area contributed by atoms with Crippen molar-refractivity contribution in [2.75, 3.05) is 36.5 Å². The van der Waals surface area contributed by atoms with E-state index in [1.807, 2.05) is 49.2 Å². The molecule has 1 aliphatic rings. The molecule has 6 heteroatoms. The standard InChI is InChI=1S/C16H24N2O3S/c1-3-10-18(15-9-11-22(20,21)13-15)16(19)12-17(2)14-7-5-4-6-8-14/h4-8,15H,3,9-13H2,1-2H3. The molecule has 1 aliphatic heterocycles. The van der Waals surface area contributed by atoms with Crippen LogP contribution >= 0.6 is 0 Å². The van der Waals surface area contributed by atoms with Crippen molar-refractivity contribution in [3.05, 3.63) is 30.3 Å². The van der Waals surface area contributed by atoms with Gasteiger partial charge in [-0.3, -0.25) is 4.79 Å². The van der Waals surface area contributed by atoms with Crippen LogP contribution in [0.1, 0.15) is 19.8 Å². The summed E-state index contributed by atoms with van der Waals surface area (Å²) in [6, 6.07) is 9.55. The summed E-state index contributed by atoms with van der Waals surface area (Å²) in [6.45, 7) is 2.88. The Balaban J connectivity index is 2.04. The number of carbonyl (C=O) groups excluding carboxylic acids is 1. The second-order valence-corrected chi connectivity index (χ2v) is 8.06. The molecule has 1 heterocycles. The smallest absolute Gasteiger partial charge is 0.242 e. The van der Waals surface area contributed by atoms with Crippen LogP contribution < -0.4 is 4.90 Å². The Labute approximate surface area is 132 Å². The minimum atomic E-state index is -2.98. The molecule has 0 spiro atoms. The number of benzene rings is 1. The topological polar surface area (TPSA) is 57.7 Å². The van der Waals surface area contributed by atoms with Crippen LogP contribution in [0.5, 0.6) is 0 Å². The van der Waals surface area contributed by atoms with E-state index in [1.165, 1.54) is 0 Å². The average molecular weight is 324 g/mol. The van der Waals surface area contributed by atoms with Gasteiger partial charge in [-0.2, -0.15) is 0 Å². The van der Waals surface area contributed by atoms with Crippen LogP contribution in [0, 0.1) is 0 Å². The van der Waals surface area contributed by atoms with Gasteiger partial charge in [0.1, 0.15) is 0 Å². The Bertz CT molecular complexity index is 601. The third-order valence-corrected chi connectivity index (χ3v) is 5.75. The lowest BCUT2D eigenvalue weighted by molar-refractivity contribution is -0.131. The zero-order chi connectivity index (χ0) is 16.2. The van der Waals surface area contributed by atoms with Crippen molar-refractivity contribution in [2.45, 2.75) is 25.8 Å². The van der Waals surface area contributed by atoms with Crippen molar-refractivity contribution in [3.8, 4) is 0 Å². The molecule has 22 heavy (non-hydrogen) atoms. The van der Waals surface area contributed by atoms with E-state index in [0.29, 0.717) is 13.0 Å². The molecule has 1 unspecified atom stereocenters. The molecule has 0 bridgehead atoms. The first kappa shape index (κ1) is 16.8. The highest BCUT2D eigenvalue weighted by Crippen LogP contribution is 2.19. The molecule has 0 N–H and O–H groups in total. The molecule has 1 amide bonds. The first-order chi connectivity index (χ1) is 10.4. The number of hydrogen-bond donors (Lipinski definition) is 0. The zero-order valence-corrected chi connectivity index (χ0v) is 14.1. The van der Waals surface area contributed by atoms with E-state index in [2.05, 4.69) is 0 Å². The Morgan fingerprint density at radius 3 is 2.50 bits per heavy atom. The molecule has 1 aromatic rings. The lowest BCUT2D eigenvalue weighted by Gasteiger charge is -2.30. The molecule has 0 saturated carbocycles. The van der Waals surface area contributed by atoms with Gasteiger partial charge in [0.25, 0.3) is 0 Å². The van der Waals surface area contributed by atoms with Gasteiger partial charge in [0, 0.05) is 25.3 Å². The Kier molecular flexibility index (Phi) is 5.45. The van der Waals surface area contributed by atoms with Crippen molar-refractivity contribution in [1.29, 1.82) is 0 Å². The molecule has 0 radical (unpaired) electrons. The maximum absolute atomic E-state index is 12.6. The molecule has 5 nitrogen and oxygen atoms in total. The molecule has 1 aromatic carbocycles. The molecule has 0 aromatic heterocycles. The maximum atomic E-state index is 12.6. The summed E-state index contributed by atoms with van der Waals surface area (Å²) in [4.78, 5) is 16.3. The third-order valence-electron chi connectivity index (χ3n) is 4.00. The fourth-order valence-corrected chi connectivity index (χ4v) is 4.57. The van der Waals surface area contributed by atoms with Gasteiger partial charge in [0.2, 0.25) is 5.91 Å². The van der Waals surface area contributed by atoms with Crippen LogP contribution in [-0.4, -0.2) is 56.9 Å². The Hall–Kier alpha value is -1.56. The molecule has 1 saturated heterocycles. The summed E-state index contributed by atoms with van der Waals surface area (Å²) < 4.78 is 23.3. The molecule has 122 valence electrons. The van der Waals surface area contributed by atoms with Crippen LogP contribution in [0.25, 0.3) is 0 Å². The SMILES string of the molecule is CCCN(C(=O)CN(C)c1ccccc1)C1CCS(=O)(=O)C1. The van der Waals surface area contributed by atoms with E-state index < -0.39 is 9.84 Å². The first-order valence-electron chi connectivity index (χ1n) is 7.69. The summed E-state index contributed by atoms with van der Waals surface area (Å²) in [5, 5.41) is 0. The number of para-hydroxylation sites is 1. The summed E-state index contributed by atoms with van der Waals surface area (Å²) in [7, 11) is -1.10. The van der Waals surface area contributed by atoms with Crippen molar-refractivity contribution < 1.29 is 13.2 Å². The zero-order valence-electron chi connectivity index (χ0n) is 13.2. The van der Waals surface area contributed by atoms with E-state index in [0.717, 1.165) is 12.1 Å². The second-order valence-electron chi connectivity index (χ2n) is 5.84. The van der Waals surface area contributed by atoms with Gasteiger partial charge in [0.05, 0.1) is 18.1 Å². The molecular weight excluding hydrogens is 300 g/mol. The monoisotopic (exact) mass is 324 g/mol. The predicted molar refractivity (Wildman–Crippen MR) is 88.8 cm³/mol. The summed E-state index contributed by atoms with van der Waals surface area (Å²) in [6.07, 6.45) is 1.39. The number of hydrogen-bond acceptors (Lipinski definition) is 4. The van der Waals surface area contributed by atoms with Crippen molar-refractivity contribution >= 4 is 21.4 Å². The summed E-state index contributed by atoms with van der Waals surface area (Å²) >= 11 is 0. The lowest BCUT2D eigenvalue weighted by Crippen LogP contribution is -2.46. The fourth-order valence-electron chi connectivity index (χ4n) is 2.84. The molecular formula is C16H24N2O3S. The average Bonchev–Trinajstić information content (AvgIpc) is 2.85. The second kappa shape index (κ2) is 7.13.